The minimum Gasteiger partial charge on any atom is -0.382 e. The van der Waals surface area contributed by atoms with Gasteiger partial charge in [-0.1, -0.05) is 45.4 Å². The number of nitrogen functional groups attached to an aromatic ring is 1. The Morgan fingerprint density at radius 1 is 1.21 bits per heavy atom. The number of para-hydroxylation sites is 1. The number of hydrogen-bond acceptors (Lipinski definition) is 7. The molecule has 1 aromatic carbocycles. The lowest BCUT2D eigenvalue weighted by atomic mass is 9.70. The minimum atomic E-state index is -3.60. The lowest BCUT2D eigenvalue weighted by Crippen LogP contribution is -2.45. The SMILES string of the molecule is CCCCc1nc2c(N)nc3ccccc3c2n1CCOCCNS(=O)(=O)C[C@@]12CC[C@@H](CC1=O)C2(C)C. The Bertz CT molecular complexity index is 1460. The number of hydrogen-bond donors (Lipinski definition) is 2. The third-order valence-electron chi connectivity index (χ3n) is 9.05. The standard InChI is InChI=1S/C28H39N5O4S/c1-4-5-10-23-32-24-25(20-8-6-7-9-21(20)31-26(24)29)33(23)14-16-37-15-13-30-38(35,36)18-28-12-11-19(17-22(28)34)27(28,2)3/h6-9,19,30H,4-5,10-18H2,1-3H3,(H2,29,31)/t19-,28-/m0/s1. The molecule has 2 aliphatic rings. The fourth-order valence-electron chi connectivity index (χ4n) is 6.68. The molecule has 2 aromatic heterocycles. The van der Waals surface area contributed by atoms with Crippen LogP contribution in [0.25, 0.3) is 21.9 Å². The van der Waals surface area contributed by atoms with E-state index < -0.39 is 15.4 Å². The number of fused-ring (bicyclic) bond motifs is 5. The van der Waals surface area contributed by atoms with E-state index in [0.717, 1.165) is 47.9 Å². The van der Waals surface area contributed by atoms with Gasteiger partial charge in [0.2, 0.25) is 10.0 Å². The van der Waals surface area contributed by atoms with E-state index in [-0.39, 0.29) is 30.1 Å². The number of pyridine rings is 1. The van der Waals surface area contributed by atoms with Gasteiger partial charge in [-0.15, -0.1) is 0 Å². The van der Waals surface area contributed by atoms with E-state index in [2.05, 4.69) is 35.0 Å². The molecule has 3 N–H and O–H groups in total. The maximum absolute atomic E-state index is 12.9. The van der Waals surface area contributed by atoms with E-state index in [9.17, 15) is 13.2 Å². The second-order valence-electron chi connectivity index (χ2n) is 11.4. The van der Waals surface area contributed by atoms with Crippen LogP contribution in [0.5, 0.6) is 0 Å². The third kappa shape index (κ3) is 4.60. The number of Topliss-reactive ketones (excluding diaryl/α,β-unsaturated/α-hetero) is 1. The van der Waals surface area contributed by atoms with Crippen molar-refractivity contribution in [1.82, 2.24) is 19.3 Å². The van der Waals surface area contributed by atoms with Crippen molar-refractivity contribution >= 4 is 43.6 Å². The molecule has 2 aliphatic carbocycles. The van der Waals surface area contributed by atoms with Crippen LogP contribution >= 0.6 is 0 Å². The predicted octanol–water partition coefficient (Wildman–Crippen LogP) is 3.84. The fourth-order valence-corrected chi connectivity index (χ4v) is 8.50. The summed E-state index contributed by atoms with van der Waals surface area (Å²) >= 11 is 0. The van der Waals surface area contributed by atoms with E-state index in [1.807, 2.05) is 24.3 Å². The summed E-state index contributed by atoms with van der Waals surface area (Å²) in [5, 5.41) is 0.998. The summed E-state index contributed by atoms with van der Waals surface area (Å²) in [6.45, 7) is 7.64. The number of nitrogens with zero attached hydrogens (tertiary/aromatic N) is 3. The molecule has 2 heterocycles. The summed E-state index contributed by atoms with van der Waals surface area (Å²) in [5.74, 6) is 1.64. The quantitative estimate of drug-likeness (QED) is 0.333. The van der Waals surface area contributed by atoms with Gasteiger partial charge in [-0.05, 0) is 36.7 Å². The smallest absolute Gasteiger partial charge is 0.212 e. The van der Waals surface area contributed by atoms with Gasteiger partial charge < -0.3 is 15.0 Å². The van der Waals surface area contributed by atoms with Crippen molar-refractivity contribution < 1.29 is 17.9 Å². The lowest BCUT2D eigenvalue weighted by molar-refractivity contribution is -0.128. The molecule has 0 amide bonds. The molecule has 0 aliphatic heterocycles. The first-order valence-corrected chi connectivity index (χ1v) is 15.4. The summed E-state index contributed by atoms with van der Waals surface area (Å²) in [4.78, 5) is 22.1. The van der Waals surface area contributed by atoms with Gasteiger partial charge in [0.1, 0.15) is 17.1 Å². The van der Waals surface area contributed by atoms with Crippen molar-refractivity contribution in [2.75, 3.05) is 31.2 Å². The molecule has 2 fully saturated rings. The maximum atomic E-state index is 12.9. The average molecular weight is 542 g/mol. The van der Waals surface area contributed by atoms with Crippen molar-refractivity contribution in [2.45, 2.75) is 65.8 Å². The van der Waals surface area contributed by atoms with Gasteiger partial charge in [-0.2, -0.15) is 0 Å². The van der Waals surface area contributed by atoms with Crippen LogP contribution in [0.2, 0.25) is 0 Å². The number of aryl methyl sites for hydroxylation is 1. The summed E-state index contributed by atoms with van der Waals surface area (Å²) in [6, 6.07) is 7.90. The first-order valence-electron chi connectivity index (χ1n) is 13.7. The van der Waals surface area contributed by atoms with Gasteiger partial charge in [0.05, 0.1) is 30.0 Å². The molecule has 3 aromatic rings. The molecule has 0 spiro atoms. The van der Waals surface area contributed by atoms with Crippen LogP contribution in [-0.2, 0) is 32.5 Å². The second-order valence-corrected chi connectivity index (χ2v) is 13.2. The van der Waals surface area contributed by atoms with Crippen molar-refractivity contribution in [2.24, 2.45) is 16.7 Å². The molecule has 2 saturated carbocycles. The monoisotopic (exact) mass is 541 g/mol. The summed E-state index contributed by atoms with van der Waals surface area (Å²) < 4.78 is 36.5. The number of benzene rings is 1. The number of anilines is 1. The number of imidazole rings is 1. The Hall–Kier alpha value is -2.56. The van der Waals surface area contributed by atoms with E-state index in [0.29, 0.717) is 43.2 Å². The van der Waals surface area contributed by atoms with Crippen molar-refractivity contribution in [3.05, 3.63) is 30.1 Å². The van der Waals surface area contributed by atoms with Crippen LogP contribution in [0.4, 0.5) is 5.82 Å². The molecule has 38 heavy (non-hydrogen) atoms. The molecule has 2 bridgehead atoms. The largest absolute Gasteiger partial charge is 0.382 e. The van der Waals surface area contributed by atoms with Crippen LogP contribution in [0.3, 0.4) is 0 Å². The third-order valence-corrected chi connectivity index (χ3v) is 10.6. The molecule has 2 atom stereocenters. The first kappa shape index (κ1) is 27.0. The number of ketones is 1. The van der Waals surface area contributed by atoms with Gasteiger partial charge in [0, 0.05) is 36.7 Å². The van der Waals surface area contributed by atoms with Gasteiger partial charge >= 0.3 is 0 Å². The highest BCUT2D eigenvalue weighted by atomic mass is 32.2. The van der Waals surface area contributed by atoms with Gasteiger partial charge in [-0.3, -0.25) is 4.79 Å². The zero-order chi connectivity index (χ0) is 27.1. The molecule has 0 saturated heterocycles. The van der Waals surface area contributed by atoms with E-state index in [4.69, 9.17) is 15.5 Å². The minimum absolute atomic E-state index is 0.107. The molecule has 206 valence electrons. The average Bonchev–Trinajstić information content (AvgIpc) is 3.41. The van der Waals surface area contributed by atoms with Crippen molar-refractivity contribution in [1.29, 1.82) is 0 Å². The topological polar surface area (TPSA) is 129 Å². The van der Waals surface area contributed by atoms with Gasteiger partial charge in [-0.25, -0.2) is 23.1 Å². The van der Waals surface area contributed by atoms with E-state index >= 15 is 0 Å². The van der Waals surface area contributed by atoms with Crippen LogP contribution < -0.4 is 10.5 Å². The fraction of sp³-hybridized carbons (Fsp3) is 0.607. The Balaban J connectivity index is 1.22. The second kappa shape index (κ2) is 10.2. The number of carbonyl (C=O) groups is 1. The zero-order valence-electron chi connectivity index (χ0n) is 22.6. The number of aromatic nitrogens is 3. The molecular weight excluding hydrogens is 502 g/mol. The van der Waals surface area contributed by atoms with Crippen LogP contribution in [0.1, 0.15) is 58.7 Å². The highest BCUT2D eigenvalue weighted by Gasteiger charge is 2.65. The highest BCUT2D eigenvalue weighted by molar-refractivity contribution is 7.89. The number of rotatable bonds is 12. The highest BCUT2D eigenvalue weighted by Crippen LogP contribution is 2.64. The molecule has 10 heteroatoms. The normalized spacial score (nSPS) is 22.7. The Labute approximate surface area is 224 Å². The van der Waals surface area contributed by atoms with E-state index in [1.165, 1.54) is 0 Å². The van der Waals surface area contributed by atoms with Crippen molar-refractivity contribution in [3.63, 3.8) is 0 Å². The number of nitrogens with two attached hydrogens (primary N) is 1. The molecule has 0 unspecified atom stereocenters. The van der Waals surface area contributed by atoms with Crippen LogP contribution in [0.15, 0.2) is 24.3 Å². The zero-order valence-corrected chi connectivity index (χ0v) is 23.4. The number of unbranched alkanes of at least 4 members (excludes halogenated alkanes) is 1. The molecular formula is C28H39N5O4S. The Morgan fingerprint density at radius 3 is 2.71 bits per heavy atom. The van der Waals surface area contributed by atoms with Crippen LogP contribution in [-0.4, -0.2) is 54.2 Å². The number of nitrogens with one attached hydrogen (secondary N) is 1. The first-order chi connectivity index (χ1) is 18.1. The molecule has 9 nitrogen and oxygen atoms in total. The van der Waals surface area contributed by atoms with Gasteiger partial charge in [0.15, 0.2) is 5.82 Å². The van der Waals surface area contributed by atoms with E-state index in [1.54, 1.807) is 0 Å². The number of ether oxygens (including phenoxy) is 1. The van der Waals surface area contributed by atoms with Crippen molar-refractivity contribution in [3.8, 4) is 0 Å². The summed E-state index contributed by atoms with van der Waals surface area (Å²) in [5.41, 5.74) is 7.73. The number of sulfonamides is 1. The Kier molecular flexibility index (Phi) is 7.26. The Morgan fingerprint density at radius 2 is 2.00 bits per heavy atom. The van der Waals surface area contributed by atoms with Crippen LogP contribution in [0, 0.1) is 16.7 Å². The summed E-state index contributed by atoms with van der Waals surface area (Å²) in [7, 11) is -3.60. The summed E-state index contributed by atoms with van der Waals surface area (Å²) in [6.07, 6.45) is 4.99. The maximum Gasteiger partial charge on any atom is 0.212 e. The molecule has 0 radical (unpaired) electrons. The predicted molar refractivity (Wildman–Crippen MR) is 149 cm³/mol. The number of carbonyl (C=O) groups excluding carboxylic acids is 1. The van der Waals surface area contributed by atoms with Gasteiger partial charge in [0.25, 0.3) is 0 Å². The molecule has 5 rings (SSSR count). The lowest BCUT2D eigenvalue weighted by Gasteiger charge is -2.36.